The lowest BCUT2D eigenvalue weighted by molar-refractivity contribution is 0.0949. The summed E-state index contributed by atoms with van der Waals surface area (Å²) in [5.74, 6) is 0.601. The van der Waals surface area contributed by atoms with Crippen molar-refractivity contribution in [1.82, 2.24) is 25.5 Å². The Hall–Kier alpha value is -3.49. The molecule has 0 aliphatic rings. The quantitative estimate of drug-likeness (QED) is 0.723. The van der Waals surface area contributed by atoms with E-state index >= 15 is 0 Å². The highest BCUT2D eigenvalue weighted by molar-refractivity contribution is 5.95. The van der Waals surface area contributed by atoms with Gasteiger partial charge < -0.3 is 14.8 Å². The van der Waals surface area contributed by atoms with Crippen molar-refractivity contribution in [3.05, 3.63) is 59.7 Å². The zero-order chi connectivity index (χ0) is 18.5. The number of tetrazole rings is 1. The van der Waals surface area contributed by atoms with Crippen LogP contribution in [0.2, 0.25) is 0 Å². The van der Waals surface area contributed by atoms with Crippen molar-refractivity contribution in [3.8, 4) is 17.2 Å². The maximum Gasteiger partial charge on any atom is 0.251 e. The van der Waals surface area contributed by atoms with Gasteiger partial charge in [0.15, 0.2) is 5.82 Å². The minimum Gasteiger partial charge on any atom is -0.497 e. The van der Waals surface area contributed by atoms with E-state index in [1.54, 1.807) is 30.3 Å². The molecular formula is C17H16FN5O3. The highest BCUT2D eigenvalue weighted by Crippen LogP contribution is 2.22. The molecule has 0 bridgehead atoms. The molecule has 0 atom stereocenters. The number of hydrogen-bond donors (Lipinski definition) is 1. The summed E-state index contributed by atoms with van der Waals surface area (Å²) in [6, 6.07) is 10.7. The van der Waals surface area contributed by atoms with Gasteiger partial charge in [0.2, 0.25) is 0 Å². The number of carbonyl (C=O) groups excluding carboxylic acids is 1. The van der Waals surface area contributed by atoms with Crippen molar-refractivity contribution in [2.75, 3.05) is 14.2 Å². The number of ether oxygens (including phenoxy) is 2. The number of halogens is 1. The fourth-order valence-electron chi connectivity index (χ4n) is 2.32. The maximum absolute atomic E-state index is 13.4. The smallest absolute Gasteiger partial charge is 0.251 e. The number of aromatic nitrogens is 4. The van der Waals surface area contributed by atoms with Gasteiger partial charge in [-0.1, -0.05) is 6.07 Å². The number of hydrogen-bond acceptors (Lipinski definition) is 6. The van der Waals surface area contributed by atoms with Crippen LogP contribution in [0.4, 0.5) is 4.39 Å². The van der Waals surface area contributed by atoms with Crippen LogP contribution in [0.5, 0.6) is 11.5 Å². The van der Waals surface area contributed by atoms with Gasteiger partial charge in [-0.25, -0.2) is 4.39 Å². The van der Waals surface area contributed by atoms with Crippen molar-refractivity contribution < 1.29 is 18.7 Å². The van der Waals surface area contributed by atoms with E-state index in [1.807, 2.05) is 0 Å². The predicted octanol–water partition coefficient (Wildman–Crippen LogP) is 1.75. The fraction of sp³-hybridized carbons (Fsp3) is 0.176. The van der Waals surface area contributed by atoms with E-state index in [4.69, 9.17) is 9.47 Å². The Morgan fingerprint density at radius 2 is 1.88 bits per heavy atom. The lowest BCUT2D eigenvalue weighted by Crippen LogP contribution is -2.24. The van der Waals surface area contributed by atoms with Crippen molar-refractivity contribution >= 4 is 5.91 Å². The molecule has 9 heteroatoms. The minimum atomic E-state index is -0.406. The summed E-state index contributed by atoms with van der Waals surface area (Å²) in [7, 11) is 3.01. The van der Waals surface area contributed by atoms with E-state index in [0.29, 0.717) is 28.6 Å². The summed E-state index contributed by atoms with van der Waals surface area (Å²) >= 11 is 0. The van der Waals surface area contributed by atoms with E-state index in [0.717, 1.165) is 0 Å². The van der Waals surface area contributed by atoms with Gasteiger partial charge in [0, 0.05) is 11.6 Å². The van der Waals surface area contributed by atoms with Crippen molar-refractivity contribution in [2.24, 2.45) is 0 Å². The number of carbonyl (C=O) groups is 1. The van der Waals surface area contributed by atoms with E-state index in [1.165, 1.54) is 31.0 Å². The molecule has 0 saturated heterocycles. The molecule has 0 fully saturated rings. The lowest BCUT2D eigenvalue weighted by Gasteiger charge is -2.09. The molecule has 134 valence electrons. The molecule has 3 aromatic rings. The number of amides is 1. The molecule has 0 saturated carbocycles. The predicted molar refractivity (Wildman–Crippen MR) is 89.8 cm³/mol. The van der Waals surface area contributed by atoms with Crippen molar-refractivity contribution in [1.29, 1.82) is 0 Å². The van der Waals surface area contributed by atoms with Crippen LogP contribution in [0.1, 0.15) is 16.2 Å². The Bertz CT molecular complexity index is 906. The van der Waals surface area contributed by atoms with Crippen LogP contribution in [0.25, 0.3) is 5.69 Å². The van der Waals surface area contributed by atoms with E-state index in [2.05, 4.69) is 20.8 Å². The average molecular weight is 357 g/mol. The molecule has 0 aliphatic heterocycles. The molecule has 0 radical (unpaired) electrons. The Morgan fingerprint density at radius 3 is 2.54 bits per heavy atom. The third-order valence-electron chi connectivity index (χ3n) is 3.61. The van der Waals surface area contributed by atoms with Gasteiger partial charge in [0.25, 0.3) is 5.91 Å². The zero-order valence-corrected chi connectivity index (χ0v) is 14.1. The molecule has 1 heterocycles. The zero-order valence-electron chi connectivity index (χ0n) is 14.1. The summed E-state index contributed by atoms with van der Waals surface area (Å²) in [5.41, 5.74) is 0.827. The second-order valence-corrected chi connectivity index (χ2v) is 5.27. The normalized spacial score (nSPS) is 10.4. The molecule has 8 nitrogen and oxygen atoms in total. The standard InChI is InChI=1S/C17H16FN5O3/c1-25-14-6-11(7-15(9-14)26-2)17(24)19-10-16-20-21-22-23(16)13-5-3-4-12(18)8-13/h3-9H,10H2,1-2H3,(H,19,24). The van der Waals surface area contributed by atoms with Crippen molar-refractivity contribution in [2.45, 2.75) is 6.54 Å². The van der Waals surface area contributed by atoms with Gasteiger partial charge in [-0.2, -0.15) is 4.68 Å². The number of nitrogens with zero attached hydrogens (tertiary/aromatic N) is 4. The van der Waals surface area contributed by atoms with Gasteiger partial charge in [-0.15, -0.1) is 5.10 Å². The van der Waals surface area contributed by atoms with Gasteiger partial charge in [0.1, 0.15) is 17.3 Å². The Kier molecular flexibility index (Phi) is 5.07. The molecule has 26 heavy (non-hydrogen) atoms. The van der Waals surface area contributed by atoms with Crippen molar-refractivity contribution in [3.63, 3.8) is 0 Å². The first-order valence-electron chi connectivity index (χ1n) is 7.65. The molecule has 1 aromatic heterocycles. The maximum atomic E-state index is 13.4. The Labute approximate surface area is 148 Å². The number of benzene rings is 2. The van der Waals surface area contributed by atoms with Gasteiger partial charge in [-0.05, 0) is 40.8 Å². The van der Waals surface area contributed by atoms with E-state index < -0.39 is 5.82 Å². The summed E-state index contributed by atoms with van der Waals surface area (Å²) < 4.78 is 25.1. The summed E-state index contributed by atoms with van der Waals surface area (Å²) in [6.07, 6.45) is 0. The molecule has 1 N–H and O–H groups in total. The first kappa shape index (κ1) is 17.3. The SMILES string of the molecule is COc1cc(OC)cc(C(=O)NCc2nnnn2-c2cccc(F)c2)c1. The first-order chi connectivity index (χ1) is 12.6. The van der Waals surface area contributed by atoms with Crippen LogP contribution in [-0.2, 0) is 6.54 Å². The molecule has 0 unspecified atom stereocenters. The molecule has 3 rings (SSSR count). The average Bonchev–Trinajstić information content (AvgIpc) is 3.14. The van der Waals surface area contributed by atoms with Crippen LogP contribution >= 0.6 is 0 Å². The summed E-state index contributed by atoms with van der Waals surface area (Å²) in [5, 5.41) is 14.0. The number of nitrogens with one attached hydrogen (secondary N) is 1. The van der Waals surface area contributed by atoms with Crippen LogP contribution in [0, 0.1) is 5.82 Å². The molecule has 0 spiro atoms. The number of rotatable bonds is 6. The second kappa shape index (κ2) is 7.60. The van der Waals surface area contributed by atoms with Crippen LogP contribution in [0.15, 0.2) is 42.5 Å². The first-order valence-corrected chi connectivity index (χ1v) is 7.65. The van der Waals surface area contributed by atoms with E-state index in [9.17, 15) is 9.18 Å². The third-order valence-corrected chi connectivity index (χ3v) is 3.61. The summed E-state index contributed by atoms with van der Waals surface area (Å²) in [6.45, 7) is 0.0574. The molecule has 0 aliphatic carbocycles. The highest BCUT2D eigenvalue weighted by atomic mass is 19.1. The Balaban J connectivity index is 1.76. The van der Waals surface area contributed by atoms with Crippen LogP contribution in [-0.4, -0.2) is 40.3 Å². The Morgan fingerprint density at radius 1 is 1.15 bits per heavy atom. The van der Waals surface area contributed by atoms with Gasteiger partial charge in [-0.3, -0.25) is 4.79 Å². The number of methoxy groups -OCH3 is 2. The topological polar surface area (TPSA) is 91.2 Å². The largest absolute Gasteiger partial charge is 0.497 e. The molecule has 1 amide bonds. The minimum absolute atomic E-state index is 0.0574. The molecule has 2 aromatic carbocycles. The van der Waals surface area contributed by atoms with Gasteiger partial charge >= 0.3 is 0 Å². The monoisotopic (exact) mass is 357 g/mol. The molecular weight excluding hydrogens is 341 g/mol. The fourth-order valence-corrected chi connectivity index (χ4v) is 2.32. The lowest BCUT2D eigenvalue weighted by atomic mass is 10.2. The van der Waals surface area contributed by atoms with Crippen LogP contribution in [0.3, 0.4) is 0 Å². The summed E-state index contributed by atoms with van der Waals surface area (Å²) in [4.78, 5) is 12.4. The van der Waals surface area contributed by atoms with Crippen LogP contribution < -0.4 is 14.8 Å². The third kappa shape index (κ3) is 3.77. The highest BCUT2D eigenvalue weighted by Gasteiger charge is 2.13. The van der Waals surface area contributed by atoms with Gasteiger partial charge in [0.05, 0.1) is 26.5 Å². The van der Waals surface area contributed by atoms with E-state index in [-0.39, 0.29) is 12.5 Å². The second-order valence-electron chi connectivity index (χ2n) is 5.27.